The Hall–Kier alpha value is -1.36. The molecule has 0 fully saturated rings. The van der Waals surface area contributed by atoms with Crippen LogP contribution >= 0.6 is 11.6 Å². The fourth-order valence-corrected chi connectivity index (χ4v) is 1.90. The zero-order valence-corrected chi connectivity index (χ0v) is 9.56. The Bertz CT molecular complexity index is 453. The lowest BCUT2D eigenvalue weighted by atomic mass is 9.99. The first-order chi connectivity index (χ1) is 8.13. The van der Waals surface area contributed by atoms with E-state index in [1.807, 2.05) is 0 Å². The van der Waals surface area contributed by atoms with Crippen LogP contribution in [0.4, 0.5) is 8.78 Å². The lowest BCUT2D eigenvalue weighted by Gasteiger charge is -2.27. The summed E-state index contributed by atoms with van der Waals surface area (Å²) in [6.45, 7) is 0.223. The van der Waals surface area contributed by atoms with Crippen LogP contribution in [0.15, 0.2) is 12.1 Å². The number of nitrogens with one attached hydrogen (secondary N) is 1. The molecule has 0 saturated heterocycles. The highest BCUT2D eigenvalue weighted by Gasteiger charge is 2.28. The van der Waals surface area contributed by atoms with E-state index in [-0.39, 0.29) is 23.8 Å². The van der Waals surface area contributed by atoms with Crippen molar-refractivity contribution in [2.45, 2.75) is 12.5 Å². The molecule has 1 aliphatic rings. The molecule has 3 nitrogen and oxygen atoms in total. The number of rotatable bonds is 2. The second-order valence-electron chi connectivity index (χ2n) is 3.66. The third kappa shape index (κ3) is 2.34. The summed E-state index contributed by atoms with van der Waals surface area (Å²) in [5.74, 6) is -2.00. The first kappa shape index (κ1) is 12.1. The fraction of sp³-hybridized carbons (Fsp3) is 0.364. The van der Waals surface area contributed by atoms with E-state index in [0.29, 0.717) is 6.42 Å². The minimum Gasteiger partial charge on any atom is -0.490 e. The van der Waals surface area contributed by atoms with Crippen LogP contribution in [0.1, 0.15) is 18.0 Å². The van der Waals surface area contributed by atoms with Gasteiger partial charge in [-0.3, -0.25) is 4.79 Å². The normalized spacial score (nSPS) is 18.2. The predicted molar refractivity (Wildman–Crippen MR) is 58.1 cm³/mol. The summed E-state index contributed by atoms with van der Waals surface area (Å²) >= 11 is 5.36. The average Bonchev–Trinajstić information content (AvgIpc) is 2.34. The van der Waals surface area contributed by atoms with Crippen molar-refractivity contribution in [3.63, 3.8) is 0 Å². The molecule has 92 valence electrons. The smallest absolute Gasteiger partial charge is 0.235 e. The lowest BCUT2D eigenvalue weighted by Crippen LogP contribution is -2.33. The number of amides is 1. The second-order valence-corrected chi connectivity index (χ2v) is 3.93. The number of benzene rings is 1. The van der Waals surface area contributed by atoms with Crippen LogP contribution in [0.25, 0.3) is 0 Å². The van der Waals surface area contributed by atoms with Crippen LogP contribution in [0.2, 0.25) is 0 Å². The van der Waals surface area contributed by atoms with Crippen molar-refractivity contribution >= 4 is 17.5 Å². The maximum Gasteiger partial charge on any atom is 0.235 e. The molecule has 0 bridgehead atoms. The fourth-order valence-electron chi connectivity index (χ4n) is 1.82. The number of hydrogen-bond acceptors (Lipinski definition) is 2. The standard InChI is InChI=1S/C11H10ClF2NO2/c12-5-9(16)15-8-3-4-17-11-7(14)2-1-6(13)10(8)11/h1-2,8H,3-5H2,(H,15,16)/t8-/m1/s1. The van der Waals surface area contributed by atoms with Gasteiger partial charge in [-0.05, 0) is 12.1 Å². The molecular formula is C11H10ClF2NO2. The molecule has 0 unspecified atom stereocenters. The van der Waals surface area contributed by atoms with E-state index in [9.17, 15) is 13.6 Å². The first-order valence-electron chi connectivity index (χ1n) is 5.09. The molecule has 1 aromatic rings. The first-order valence-corrected chi connectivity index (χ1v) is 5.63. The maximum absolute atomic E-state index is 13.6. The van der Waals surface area contributed by atoms with Gasteiger partial charge in [-0.25, -0.2) is 8.78 Å². The maximum atomic E-state index is 13.6. The number of alkyl halides is 1. The average molecular weight is 262 g/mol. The number of ether oxygens (including phenoxy) is 1. The van der Waals surface area contributed by atoms with Crippen LogP contribution in [0, 0.1) is 11.6 Å². The predicted octanol–water partition coefficient (Wildman–Crippen LogP) is 2.14. The molecule has 17 heavy (non-hydrogen) atoms. The van der Waals surface area contributed by atoms with Gasteiger partial charge in [-0.2, -0.15) is 0 Å². The third-order valence-electron chi connectivity index (χ3n) is 2.55. The largest absolute Gasteiger partial charge is 0.490 e. The molecule has 0 aliphatic carbocycles. The van der Waals surface area contributed by atoms with E-state index in [4.69, 9.17) is 16.3 Å². The lowest BCUT2D eigenvalue weighted by molar-refractivity contribution is -0.119. The highest BCUT2D eigenvalue weighted by molar-refractivity contribution is 6.27. The summed E-state index contributed by atoms with van der Waals surface area (Å²) in [6.07, 6.45) is 0.385. The summed E-state index contributed by atoms with van der Waals surface area (Å²) in [5, 5.41) is 2.54. The Morgan fingerprint density at radius 2 is 2.18 bits per heavy atom. The molecule has 1 aliphatic heterocycles. The van der Waals surface area contributed by atoms with Crippen LogP contribution in [-0.2, 0) is 4.79 Å². The molecule has 0 spiro atoms. The molecule has 1 heterocycles. The molecule has 1 N–H and O–H groups in total. The van der Waals surface area contributed by atoms with Crippen molar-refractivity contribution in [3.05, 3.63) is 29.3 Å². The van der Waals surface area contributed by atoms with E-state index in [1.165, 1.54) is 0 Å². The number of halogens is 3. The van der Waals surface area contributed by atoms with Crippen LogP contribution < -0.4 is 10.1 Å². The molecule has 1 amide bonds. The van der Waals surface area contributed by atoms with Gasteiger partial charge in [0, 0.05) is 6.42 Å². The minimum absolute atomic E-state index is 0.0507. The van der Waals surface area contributed by atoms with E-state index in [1.54, 1.807) is 0 Å². The van der Waals surface area contributed by atoms with Gasteiger partial charge in [-0.15, -0.1) is 11.6 Å². The third-order valence-corrected chi connectivity index (χ3v) is 2.80. The Labute approximate surface area is 102 Å². The summed E-state index contributed by atoms with van der Waals surface area (Å²) in [5.41, 5.74) is 0.0507. The van der Waals surface area contributed by atoms with E-state index in [2.05, 4.69) is 5.32 Å². The Morgan fingerprint density at radius 3 is 2.88 bits per heavy atom. The highest BCUT2D eigenvalue weighted by atomic mass is 35.5. The van der Waals surface area contributed by atoms with Crippen LogP contribution in [0.3, 0.4) is 0 Å². The van der Waals surface area contributed by atoms with Crippen LogP contribution in [-0.4, -0.2) is 18.4 Å². The van der Waals surface area contributed by atoms with Gasteiger partial charge < -0.3 is 10.1 Å². The van der Waals surface area contributed by atoms with Gasteiger partial charge in [0.15, 0.2) is 11.6 Å². The summed E-state index contributed by atoms with van der Waals surface area (Å²) in [4.78, 5) is 11.2. The SMILES string of the molecule is O=C(CCl)N[C@@H]1CCOc2c(F)ccc(F)c21. The molecule has 0 saturated carbocycles. The zero-order chi connectivity index (χ0) is 12.4. The van der Waals surface area contributed by atoms with E-state index < -0.39 is 23.6 Å². The summed E-state index contributed by atoms with van der Waals surface area (Å²) < 4.78 is 32.1. The van der Waals surface area contributed by atoms with Gasteiger partial charge in [0.05, 0.1) is 18.2 Å². The molecular weight excluding hydrogens is 252 g/mol. The highest BCUT2D eigenvalue weighted by Crippen LogP contribution is 2.36. The van der Waals surface area contributed by atoms with Crippen molar-refractivity contribution in [3.8, 4) is 5.75 Å². The summed E-state index contributed by atoms with van der Waals surface area (Å²) in [7, 11) is 0. The van der Waals surface area contributed by atoms with E-state index >= 15 is 0 Å². The van der Waals surface area contributed by atoms with Gasteiger partial charge in [-0.1, -0.05) is 0 Å². The Balaban J connectivity index is 2.36. The van der Waals surface area contributed by atoms with Gasteiger partial charge >= 0.3 is 0 Å². The monoisotopic (exact) mass is 261 g/mol. The number of fused-ring (bicyclic) bond motifs is 1. The van der Waals surface area contributed by atoms with E-state index in [0.717, 1.165) is 12.1 Å². The molecule has 6 heteroatoms. The molecule has 1 atom stereocenters. The zero-order valence-electron chi connectivity index (χ0n) is 8.80. The number of carbonyl (C=O) groups excluding carboxylic acids is 1. The summed E-state index contributed by atoms with van der Waals surface area (Å²) in [6, 6.07) is 1.42. The van der Waals surface area contributed by atoms with Crippen molar-refractivity contribution in [2.24, 2.45) is 0 Å². The number of hydrogen-bond donors (Lipinski definition) is 1. The van der Waals surface area contributed by atoms with Crippen molar-refractivity contribution in [2.75, 3.05) is 12.5 Å². The quantitative estimate of drug-likeness (QED) is 0.829. The Kier molecular flexibility index (Phi) is 3.47. The molecule has 0 radical (unpaired) electrons. The second kappa shape index (κ2) is 4.87. The van der Waals surface area contributed by atoms with Gasteiger partial charge in [0.1, 0.15) is 11.7 Å². The van der Waals surface area contributed by atoms with Gasteiger partial charge in [0.25, 0.3) is 0 Å². The number of carbonyl (C=O) groups is 1. The van der Waals surface area contributed by atoms with Gasteiger partial charge in [0.2, 0.25) is 5.91 Å². The topological polar surface area (TPSA) is 38.3 Å². The van der Waals surface area contributed by atoms with Crippen molar-refractivity contribution in [1.29, 1.82) is 0 Å². The molecule has 2 rings (SSSR count). The van der Waals surface area contributed by atoms with Crippen LogP contribution in [0.5, 0.6) is 5.75 Å². The molecule has 0 aromatic heterocycles. The molecule has 1 aromatic carbocycles. The van der Waals surface area contributed by atoms with Crippen molar-refractivity contribution < 1.29 is 18.3 Å². The minimum atomic E-state index is -0.633. The van der Waals surface area contributed by atoms with Crippen molar-refractivity contribution in [1.82, 2.24) is 5.32 Å². The Morgan fingerprint density at radius 1 is 1.47 bits per heavy atom.